The molecule has 0 aliphatic rings. The number of carbonyl (C=O) groups is 3. The largest absolute Gasteiger partial charge is 0.480 e. The van der Waals surface area contributed by atoms with Gasteiger partial charge in [-0.05, 0) is 43.3 Å². The first-order valence-corrected chi connectivity index (χ1v) is 10.8. The minimum absolute atomic E-state index is 0.124. The third-order valence-corrected chi connectivity index (χ3v) is 6.00. The number of allylic oxidation sites excluding steroid dienone is 1. The van der Waals surface area contributed by atoms with Gasteiger partial charge in [-0.3, -0.25) is 19.3 Å². The number of ketones is 1. The smallest absolute Gasteiger partial charge is 0.318 e. The minimum atomic E-state index is -3.97. The van der Waals surface area contributed by atoms with Crippen LogP contribution in [0.25, 0.3) is 6.08 Å². The number of nitrogens with zero attached hydrogens (tertiary/aromatic N) is 2. The Labute approximate surface area is 171 Å². The fraction of sp³-hybridized carbons (Fsp3) is 0.222. The summed E-state index contributed by atoms with van der Waals surface area (Å²) in [6.45, 7) is 3.04. The highest BCUT2D eigenvalue weighted by atomic mass is 32.2. The fourth-order valence-corrected chi connectivity index (χ4v) is 4.14. The highest BCUT2D eigenvalue weighted by Gasteiger charge is 2.16. The van der Waals surface area contributed by atoms with Gasteiger partial charge in [-0.2, -0.15) is 4.72 Å². The number of aliphatic carboxylic acids is 1. The molecule has 29 heavy (non-hydrogen) atoms. The van der Waals surface area contributed by atoms with Crippen LogP contribution < -0.4 is 9.62 Å². The molecular weight excluding hydrogens is 418 g/mol. The van der Waals surface area contributed by atoms with Gasteiger partial charge in [0.25, 0.3) is 0 Å². The Morgan fingerprint density at radius 3 is 2.45 bits per heavy atom. The van der Waals surface area contributed by atoms with Crippen LogP contribution in [0.4, 0.5) is 5.13 Å². The number of rotatable bonds is 9. The first-order valence-electron chi connectivity index (χ1n) is 8.41. The number of carboxylic acids is 1. The first-order chi connectivity index (χ1) is 13.6. The van der Waals surface area contributed by atoms with Crippen molar-refractivity contribution < 1.29 is 27.9 Å². The summed E-state index contributed by atoms with van der Waals surface area (Å²) in [5.41, 5.74) is 0.780. The molecule has 0 saturated carbocycles. The first kappa shape index (κ1) is 22.4. The summed E-state index contributed by atoms with van der Waals surface area (Å²) >= 11 is 1.29. The molecule has 1 aromatic carbocycles. The summed E-state index contributed by atoms with van der Waals surface area (Å²) in [6.07, 6.45) is 2.81. The molecule has 0 aliphatic heterocycles. The van der Waals surface area contributed by atoms with E-state index in [1.165, 1.54) is 59.6 Å². The van der Waals surface area contributed by atoms with Gasteiger partial charge in [-0.25, -0.2) is 13.4 Å². The zero-order valence-electron chi connectivity index (χ0n) is 15.7. The monoisotopic (exact) mass is 437 g/mol. The van der Waals surface area contributed by atoms with E-state index < -0.39 is 22.5 Å². The lowest BCUT2D eigenvalue weighted by atomic mass is 10.1. The summed E-state index contributed by atoms with van der Waals surface area (Å²) in [5.74, 6) is -1.79. The van der Waals surface area contributed by atoms with E-state index in [1.807, 2.05) is 11.6 Å². The summed E-state index contributed by atoms with van der Waals surface area (Å²) in [7, 11) is -3.97. The zero-order chi connectivity index (χ0) is 21.6. The molecule has 2 aromatic rings. The third kappa shape index (κ3) is 6.04. The van der Waals surface area contributed by atoms with Crippen LogP contribution >= 0.6 is 11.3 Å². The number of nitrogens with one attached hydrogen (secondary N) is 1. The Morgan fingerprint density at radius 1 is 1.24 bits per heavy atom. The lowest BCUT2D eigenvalue weighted by Gasteiger charge is -2.14. The molecule has 0 radical (unpaired) electrons. The number of sulfonamides is 1. The minimum Gasteiger partial charge on any atom is -0.480 e. The van der Waals surface area contributed by atoms with Crippen molar-refractivity contribution in [3.63, 3.8) is 0 Å². The summed E-state index contributed by atoms with van der Waals surface area (Å²) in [6, 6.07) is 5.11. The zero-order valence-corrected chi connectivity index (χ0v) is 17.3. The number of hydrogen-bond donors (Lipinski definition) is 2. The van der Waals surface area contributed by atoms with Gasteiger partial charge < -0.3 is 5.11 Å². The number of hydrogen-bond acceptors (Lipinski definition) is 7. The number of carbonyl (C=O) groups excluding carboxylic acids is 2. The van der Waals surface area contributed by atoms with Crippen LogP contribution in [-0.4, -0.2) is 49.3 Å². The highest BCUT2D eigenvalue weighted by Crippen LogP contribution is 2.21. The molecule has 2 rings (SSSR count). The number of amides is 1. The van der Waals surface area contributed by atoms with Crippen molar-refractivity contribution in [1.29, 1.82) is 0 Å². The topological polar surface area (TPSA) is 134 Å². The van der Waals surface area contributed by atoms with E-state index in [1.54, 1.807) is 5.38 Å². The van der Waals surface area contributed by atoms with Gasteiger partial charge in [0.05, 0.1) is 10.6 Å². The summed E-state index contributed by atoms with van der Waals surface area (Å²) in [4.78, 5) is 40.0. The SMILES string of the molecule is CCN(C(C)=O)c1nc(/C=C/C(=O)c2ccc(S(=O)(=O)NCC(=O)O)cc2)cs1. The van der Waals surface area contributed by atoms with Gasteiger partial charge in [0.15, 0.2) is 10.9 Å². The second-order valence-corrected chi connectivity index (χ2v) is 8.36. The lowest BCUT2D eigenvalue weighted by Crippen LogP contribution is -2.29. The molecule has 11 heteroatoms. The fourth-order valence-electron chi connectivity index (χ4n) is 2.27. The van der Waals surface area contributed by atoms with Gasteiger partial charge in [-0.1, -0.05) is 0 Å². The van der Waals surface area contributed by atoms with Crippen LogP contribution in [0.3, 0.4) is 0 Å². The van der Waals surface area contributed by atoms with Crippen LogP contribution in [0.2, 0.25) is 0 Å². The molecule has 2 N–H and O–H groups in total. The average molecular weight is 437 g/mol. The van der Waals surface area contributed by atoms with Crippen molar-refractivity contribution in [3.8, 4) is 0 Å². The van der Waals surface area contributed by atoms with Crippen molar-refractivity contribution in [2.24, 2.45) is 0 Å². The lowest BCUT2D eigenvalue weighted by molar-refractivity contribution is -0.135. The normalized spacial score (nSPS) is 11.5. The quantitative estimate of drug-likeness (QED) is 0.451. The Hall–Kier alpha value is -2.89. The van der Waals surface area contributed by atoms with E-state index in [2.05, 4.69) is 4.98 Å². The van der Waals surface area contributed by atoms with Crippen LogP contribution in [0.15, 0.2) is 40.6 Å². The van der Waals surface area contributed by atoms with Gasteiger partial charge >= 0.3 is 5.97 Å². The maximum Gasteiger partial charge on any atom is 0.318 e. The highest BCUT2D eigenvalue weighted by molar-refractivity contribution is 7.89. The molecule has 0 aliphatic carbocycles. The number of thiazole rings is 1. The van der Waals surface area contributed by atoms with E-state index >= 15 is 0 Å². The number of anilines is 1. The van der Waals surface area contributed by atoms with E-state index in [-0.39, 0.29) is 22.1 Å². The van der Waals surface area contributed by atoms with E-state index in [0.29, 0.717) is 17.4 Å². The molecule has 0 fully saturated rings. The second-order valence-electron chi connectivity index (χ2n) is 5.76. The van der Waals surface area contributed by atoms with E-state index in [0.717, 1.165) is 0 Å². The Morgan fingerprint density at radius 2 is 1.90 bits per heavy atom. The van der Waals surface area contributed by atoms with Gasteiger partial charge in [0.2, 0.25) is 15.9 Å². The van der Waals surface area contributed by atoms with Gasteiger partial charge in [-0.15, -0.1) is 11.3 Å². The number of benzene rings is 1. The Bertz CT molecular complexity index is 1040. The van der Waals surface area contributed by atoms with Crippen LogP contribution in [0.1, 0.15) is 29.9 Å². The molecule has 1 amide bonds. The molecule has 0 bridgehead atoms. The summed E-state index contributed by atoms with van der Waals surface area (Å²) in [5, 5.41) is 10.8. The van der Waals surface area contributed by atoms with Crippen molar-refractivity contribution in [3.05, 3.63) is 47.0 Å². The average Bonchev–Trinajstić information content (AvgIpc) is 3.13. The Balaban J connectivity index is 2.09. The molecule has 1 heterocycles. The predicted molar refractivity (Wildman–Crippen MR) is 108 cm³/mol. The van der Waals surface area contributed by atoms with Crippen molar-refractivity contribution in [2.75, 3.05) is 18.0 Å². The molecule has 0 unspecified atom stereocenters. The number of carboxylic acid groups (broad SMARTS) is 1. The standard InChI is InChI=1S/C18H19N3O6S2/c1-3-21(12(2)22)18-20-14(11-28-18)6-9-16(23)13-4-7-15(8-5-13)29(26,27)19-10-17(24)25/h4-9,11,19H,3,10H2,1-2H3,(H,24,25)/b9-6+. The molecular formula is C18H19N3O6S2. The molecule has 1 aromatic heterocycles. The van der Waals surface area contributed by atoms with Gasteiger partial charge in [0.1, 0.15) is 6.54 Å². The van der Waals surface area contributed by atoms with E-state index in [9.17, 15) is 22.8 Å². The summed E-state index contributed by atoms with van der Waals surface area (Å²) < 4.78 is 25.8. The molecule has 154 valence electrons. The maximum absolute atomic E-state index is 12.3. The predicted octanol–water partition coefficient (Wildman–Crippen LogP) is 1.77. The van der Waals surface area contributed by atoms with Crippen LogP contribution in [0, 0.1) is 0 Å². The third-order valence-electron chi connectivity index (χ3n) is 3.71. The number of aromatic nitrogens is 1. The molecule has 0 atom stereocenters. The molecule has 0 saturated heterocycles. The van der Waals surface area contributed by atoms with E-state index in [4.69, 9.17) is 5.11 Å². The van der Waals surface area contributed by atoms with Crippen molar-refractivity contribution >= 4 is 50.2 Å². The van der Waals surface area contributed by atoms with Crippen LogP contribution in [0.5, 0.6) is 0 Å². The maximum atomic E-state index is 12.3. The second kappa shape index (κ2) is 9.54. The Kier molecular flexibility index (Phi) is 7.37. The van der Waals surface area contributed by atoms with Crippen LogP contribution in [-0.2, 0) is 19.6 Å². The molecule has 9 nitrogen and oxygen atoms in total. The molecule has 0 spiro atoms. The van der Waals surface area contributed by atoms with Gasteiger partial charge in [0, 0.05) is 24.4 Å². The van der Waals surface area contributed by atoms with Crippen molar-refractivity contribution in [2.45, 2.75) is 18.7 Å². The van der Waals surface area contributed by atoms with Crippen molar-refractivity contribution in [1.82, 2.24) is 9.71 Å².